The third kappa shape index (κ3) is 6.49. The van der Waals surface area contributed by atoms with Crippen molar-refractivity contribution in [3.63, 3.8) is 0 Å². The van der Waals surface area contributed by atoms with E-state index in [0.717, 1.165) is 42.0 Å². The topological polar surface area (TPSA) is 52.7 Å². The number of amides is 2. The molecule has 5 rings (SSSR count). The molecule has 0 unspecified atom stereocenters. The van der Waals surface area contributed by atoms with Gasteiger partial charge in [-0.25, -0.2) is 13.2 Å². The molecular weight excluding hydrogens is 563 g/mol. The monoisotopic (exact) mass is 603 g/mol. The van der Waals surface area contributed by atoms with Crippen molar-refractivity contribution in [2.45, 2.75) is 89.4 Å². The molecule has 2 heterocycles. The normalized spacial score (nSPS) is 26.0. The molecule has 228 valence electrons. The van der Waals surface area contributed by atoms with Gasteiger partial charge in [0.15, 0.2) is 0 Å². The van der Waals surface area contributed by atoms with Crippen molar-refractivity contribution in [2.75, 3.05) is 26.2 Å². The van der Waals surface area contributed by atoms with E-state index in [1.807, 2.05) is 24.8 Å². The molecule has 1 N–H and O–H groups in total. The van der Waals surface area contributed by atoms with Crippen LogP contribution in [0, 0.1) is 24.5 Å². The van der Waals surface area contributed by atoms with Crippen molar-refractivity contribution in [2.24, 2.45) is 5.92 Å². The fourth-order valence-electron chi connectivity index (χ4n) is 7.47. The van der Waals surface area contributed by atoms with Crippen LogP contribution in [0.2, 0.25) is 5.02 Å². The van der Waals surface area contributed by atoms with E-state index in [-0.39, 0.29) is 35.7 Å². The van der Waals surface area contributed by atoms with Gasteiger partial charge in [-0.1, -0.05) is 30.7 Å². The van der Waals surface area contributed by atoms with Crippen LogP contribution in [0.4, 0.5) is 13.2 Å². The van der Waals surface area contributed by atoms with E-state index in [9.17, 15) is 22.8 Å². The van der Waals surface area contributed by atoms with Gasteiger partial charge in [0.1, 0.15) is 17.8 Å². The molecule has 5 atom stereocenters. The number of aryl methyl sites for hydroxylation is 1. The quantitative estimate of drug-likeness (QED) is 0.378. The molecule has 0 spiro atoms. The molecule has 0 bridgehead atoms. The zero-order chi connectivity index (χ0) is 30.1. The maximum absolute atomic E-state index is 15.0. The van der Waals surface area contributed by atoms with E-state index >= 15 is 0 Å². The zero-order valence-corrected chi connectivity index (χ0v) is 25.4. The van der Waals surface area contributed by atoms with Crippen LogP contribution in [0.15, 0.2) is 30.3 Å². The van der Waals surface area contributed by atoms with Gasteiger partial charge in [-0.3, -0.25) is 14.5 Å². The Balaban J connectivity index is 1.34. The first kappa shape index (κ1) is 30.9. The number of carbonyl (C=O) groups excluding carboxylic acids is 2. The third-order valence-electron chi connectivity index (χ3n) is 9.67. The number of benzene rings is 2. The number of carbonyl (C=O) groups is 2. The molecule has 2 saturated heterocycles. The lowest BCUT2D eigenvalue weighted by Crippen LogP contribution is -2.42. The zero-order valence-electron chi connectivity index (χ0n) is 24.6. The number of alkyl halides is 1. The third-order valence-corrected chi connectivity index (χ3v) is 10.1. The summed E-state index contributed by atoms with van der Waals surface area (Å²) in [5, 5.41) is 3.75. The van der Waals surface area contributed by atoms with Crippen LogP contribution >= 0.6 is 11.6 Å². The molecule has 5 nitrogen and oxygen atoms in total. The van der Waals surface area contributed by atoms with Gasteiger partial charge in [0, 0.05) is 56.2 Å². The van der Waals surface area contributed by atoms with Crippen LogP contribution < -0.4 is 5.32 Å². The highest BCUT2D eigenvalue weighted by Crippen LogP contribution is 2.45. The van der Waals surface area contributed by atoms with Gasteiger partial charge in [0.25, 0.3) is 0 Å². The van der Waals surface area contributed by atoms with E-state index in [0.29, 0.717) is 56.0 Å². The Hall–Kier alpha value is -2.58. The summed E-state index contributed by atoms with van der Waals surface area (Å²) in [6.07, 6.45) is 2.93. The predicted molar refractivity (Wildman–Crippen MR) is 158 cm³/mol. The molecule has 0 radical (unpaired) electrons. The summed E-state index contributed by atoms with van der Waals surface area (Å²) >= 11 is 6.56. The van der Waals surface area contributed by atoms with Gasteiger partial charge in [-0.2, -0.15) is 0 Å². The van der Waals surface area contributed by atoms with E-state index in [4.69, 9.17) is 11.6 Å². The first-order chi connectivity index (χ1) is 20.0. The molecule has 0 aromatic heterocycles. The minimum absolute atomic E-state index is 0.00693. The number of nitrogens with zero attached hydrogens (tertiary/aromatic N) is 2. The summed E-state index contributed by atoms with van der Waals surface area (Å²) in [5.41, 5.74) is 3.51. The molecule has 2 aliphatic heterocycles. The second kappa shape index (κ2) is 13.0. The highest BCUT2D eigenvalue weighted by molar-refractivity contribution is 6.31. The smallest absolute Gasteiger partial charge is 0.226 e. The number of hydrogen-bond donors (Lipinski definition) is 1. The van der Waals surface area contributed by atoms with Gasteiger partial charge < -0.3 is 10.2 Å². The second-order valence-electron chi connectivity index (χ2n) is 12.4. The molecule has 3 fully saturated rings. The Morgan fingerprint density at radius 3 is 2.40 bits per heavy atom. The van der Waals surface area contributed by atoms with Gasteiger partial charge in [0.2, 0.25) is 11.8 Å². The van der Waals surface area contributed by atoms with Crippen molar-refractivity contribution in [1.82, 2.24) is 15.1 Å². The maximum atomic E-state index is 15.0. The van der Waals surface area contributed by atoms with Crippen LogP contribution in [-0.2, 0) is 9.59 Å². The van der Waals surface area contributed by atoms with Crippen molar-refractivity contribution in [1.29, 1.82) is 0 Å². The highest BCUT2D eigenvalue weighted by atomic mass is 35.5. The number of likely N-dealkylation sites (tertiary alicyclic amines) is 2. The Morgan fingerprint density at radius 1 is 1.05 bits per heavy atom. The minimum Gasteiger partial charge on any atom is -0.350 e. The maximum Gasteiger partial charge on any atom is 0.226 e. The summed E-state index contributed by atoms with van der Waals surface area (Å²) in [4.78, 5) is 29.9. The Kier molecular flexibility index (Phi) is 9.53. The van der Waals surface area contributed by atoms with Crippen LogP contribution in [0.5, 0.6) is 0 Å². The Bertz CT molecular complexity index is 1320. The lowest BCUT2D eigenvalue weighted by Gasteiger charge is -2.36. The number of piperidine rings is 1. The van der Waals surface area contributed by atoms with E-state index in [1.165, 1.54) is 19.1 Å². The number of halogens is 4. The first-order valence-corrected chi connectivity index (χ1v) is 15.6. The van der Waals surface area contributed by atoms with Crippen LogP contribution in [0.25, 0.3) is 0 Å². The molecular formula is C33H41ClF3N3O2. The number of hydrogen-bond acceptors (Lipinski definition) is 3. The second-order valence-corrected chi connectivity index (χ2v) is 12.8. The number of rotatable bonds is 7. The van der Waals surface area contributed by atoms with Gasteiger partial charge in [-0.15, -0.1) is 0 Å². The summed E-state index contributed by atoms with van der Waals surface area (Å²) in [7, 11) is 0. The molecule has 1 aliphatic carbocycles. The first-order valence-electron chi connectivity index (χ1n) is 15.2. The van der Waals surface area contributed by atoms with Crippen molar-refractivity contribution >= 4 is 23.4 Å². The van der Waals surface area contributed by atoms with Gasteiger partial charge in [-0.05, 0) is 91.7 Å². The standard InChI is InChI=1S/C33H41ClF3N3O2/c1-4-32(38-20(3)41)28-13-19(2)30(34)17-26(28)21-7-10-39(11-8-21)33(42)29-16-24(40-12-9-23(36)18-40)15-27(29)25-6-5-22(35)14-31(25)37/h5-6,13-14,17,21,23-24,27,29,32H,4,7-12,15-16,18H2,1-3H3,(H,38,41)/t23-,24-,27-,29+,32-/m0/s1. The molecule has 2 amide bonds. The summed E-state index contributed by atoms with van der Waals surface area (Å²) in [6.45, 7) is 7.61. The molecule has 2 aromatic carbocycles. The Labute approximate surface area is 251 Å². The van der Waals surface area contributed by atoms with Gasteiger partial charge in [0.05, 0.1) is 6.04 Å². The van der Waals surface area contributed by atoms with E-state index < -0.39 is 23.7 Å². The lowest BCUT2D eigenvalue weighted by molar-refractivity contribution is -0.137. The molecule has 3 aliphatic rings. The van der Waals surface area contributed by atoms with E-state index in [1.54, 1.807) is 0 Å². The lowest BCUT2D eigenvalue weighted by atomic mass is 9.82. The summed E-state index contributed by atoms with van der Waals surface area (Å²) in [6, 6.07) is 7.56. The minimum atomic E-state index is -0.877. The molecule has 9 heteroatoms. The number of nitrogens with one attached hydrogen (secondary N) is 1. The average molecular weight is 604 g/mol. The molecule has 1 saturated carbocycles. The summed E-state index contributed by atoms with van der Waals surface area (Å²) in [5.74, 6) is -2.02. The SMILES string of the molecule is CC[C@H](NC(C)=O)c1cc(C)c(Cl)cc1C1CCN(C(=O)[C@@H]2C[C@@H](N3CC[C@H](F)C3)C[C@H]2c2ccc(F)cc2F)CC1. The van der Waals surface area contributed by atoms with Crippen LogP contribution in [0.1, 0.15) is 92.5 Å². The van der Waals surface area contributed by atoms with Gasteiger partial charge >= 0.3 is 0 Å². The van der Waals surface area contributed by atoms with Crippen LogP contribution in [-0.4, -0.2) is 60.0 Å². The average Bonchev–Trinajstić information content (AvgIpc) is 3.59. The fraction of sp³-hybridized carbons (Fsp3) is 0.576. The van der Waals surface area contributed by atoms with E-state index in [2.05, 4.69) is 16.3 Å². The van der Waals surface area contributed by atoms with Crippen LogP contribution in [0.3, 0.4) is 0 Å². The van der Waals surface area contributed by atoms with Crippen molar-refractivity contribution in [3.8, 4) is 0 Å². The van der Waals surface area contributed by atoms with Crippen molar-refractivity contribution < 1.29 is 22.8 Å². The largest absolute Gasteiger partial charge is 0.350 e. The fourth-order valence-corrected chi connectivity index (χ4v) is 7.64. The van der Waals surface area contributed by atoms with Crippen molar-refractivity contribution in [3.05, 3.63) is 69.2 Å². The molecule has 2 aromatic rings. The highest BCUT2D eigenvalue weighted by Gasteiger charge is 2.45. The molecule has 42 heavy (non-hydrogen) atoms. The summed E-state index contributed by atoms with van der Waals surface area (Å²) < 4.78 is 42.8. The Morgan fingerprint density at radius 2 is 1.79 bits per heavy atom. The predicted octanol–water partition coefficient (Wildman–Crippen LogP) is 6.83.